The molecule has 29 heavy (non-hydrogen) atoms. The van der Waals surface area contributed by atoms with Crippen LogP contribution in [0.1, 0.15) is 22.3 Å². The van der Waals surface area contributed by atoms with E-state index < -0.39 is 17.7 Å². The molecule has 0 spiro atoms. The van der Waals surface area contributed by atoms with E-state index >= 15 is 0 Å². The van der Waals surface area contributed by atoms with E-state index in [-0.39, 0.29) is 23.6 Å². The third kappa shape index (κ3) is 5.82. The van der Waals surface area contributed by atoms with Crippen molar-refractivity contribution in [3.8, 4) is 0 Å². The average Bonchev–Trinajstić information content (AvgIpc) is 2.71. The molecule has 2 rings (SSSR count). The van der Waals surface area contributed by atoms with Gasteiger partial charge in [0.05, 0.1) is 18.4 Å². The molecule has 0 fully saturated rings. The molecule has 0 saturated carbocycles. The van der Waals surface area contributed by atoms with Gasteiger partial charge in [-0.05, 0) is 23.3 Å². The van der Waals surface area contributed by atoms with Gasteiger partial charge in [-0.2, -0.15) is 13.2 Å². The summed E-state index contributed by atoms with van der Waals surface area (Å²) in [4.78, 5) is 22.0. The van der Waals surface area contributed by atoms with Gasteiger partial charge in [0.1, 0.15) is 13.7 Å². The van der Waals surface area contributed by atoms with Crippen LogP contribution < -0.4 is 5.48 Å². The summed E-state index contributed by atoms with van der Waals surface area (Å²) < 4.78 is 43.2. The number of halogens is 3. The minimum atomic E-state index is -4.46. The van der Waals surface area contributed by atoms with Crippen LogP contribution >= 0.6 is 0 Å². The summed E-state index contributed by atoms with van der Waals surface area (Å²) >= 11 is 0. The van der Waals surface area contributed by atoms with Crippen LogP contribution in [0.15, 0.2) is 60.3 Å². The summed E-state index contributed by atoms with van der Waals surface area (Å²) in [5.74, 6) is -0.694. The van der Waals surface area contributed by atoms with E-state index in [4.69, 9.17) is 14.4 Å². The zero-order valence-electron chi connectivity index (χ0n) is 15.7. The van der Waals surface area contributed by atoms with Crippen LogP contribution in [0.4, 0.5) is 13.2 Å². The van der Waals surface area contributed by atoms with Crippen molar-refractivity contribution in [1.29, 1.82) is 0 Å². The van der Waals surface area contributed by atoms with Gasteiger partial charge in [0.15, 0.2) is 5.71 Å². The average molecular weight is 408 g/mol. The molecule has 2 aromatic carbocycles. The number of hydrogen-bond acceptors (Lipinski definition) is 6. The van der Waals surface area contributed by atoms with Crippen molar-refractivity contribution in [3.05, 3.63) is 77.4 Å². The summed E-state index contributed by atoms with van der Waals surface area (Å²) in [5, 5.41) is 3.69. The van der Waals surface area contributed by atoms with Crippen molar-refractivity contribution in [2.24, 2.45) is 5.16 Å². The Balaban J connectivity index is 2.11. The first-order valence-corrected chi connectivity index (χ1v) is 8.30. The maximum Gasteiger partial charge on any atom is 0.416 e. The number of hydroxylamine groups is 1. The normalized spacial score (nSPS) is 11.7. The Morgan fingerprint density at radius 3 is 2.52 bits per heavy atom. The summed E-state index contributed by atoms with van der Waals surface area (Å²) in [6.07, 6.45) is -4.46. The molecular weight excluding hydrogens is 389 g/mol. The van der Waals surface area contributed by atoms with Crippen LogP contribution in [0.2, 0.25) is 0 Å². The number of methoxy groups -OCH3 is 1. The van der Waals surface area contributed by atoms with Crippen molar-refractivity contribution in [2.75, 3.05) is 14.2 Å². The molecule has 0 bridgehead atoms. The van der Waals surface area contributed by atoms with E-state index in [2.05, 4.69) is 17.2 Å². The van der Waals surface area contributed by atoms with E-state index in [0.717, 1.165) is 12.1 Å². The Labute approximate surface area is 165 Å². The second-order valence-corrected chi connectivity index (χ2v) is 5.72. The molecule has 1 N–H and O–H groups in total. The van der Waals surface area contributed by atoms with E-state index in [0.29, 0.717) is 11.1 Å². The van der Waals surface area contributed by atoms with Gasteiger partial charge in [0, 0.05) is 5.56 Å². The zero-order valence-corrected chi connectivity index (χ0v) is 15.7. The van der Waals surface area contributed by atoms with Crippen LogP contribution in [-0.4, -0.2) is 25.9 Å². The molecule has 0 aliphatic carbocycles. The number of nitrogens with one attached hydrogen (secondary N) is 1. The molecule has 154 valence electrons. The van der Waals surface area contributed by atoms with Crippen molar-refractivity contribution >= 4 is 17.4 Å². The molecule has 2 aromatic rings. The molecule has 0 saturated heterocycles. The number of nitrogens with zero attached hydrogens (tertiary/aromatic N) is 1. The van der Waals surface area contributed by atoms with Crippen molar-refractivity contribution < 1.29 is 32.4 Å². The molecule has 0 aliphatic heterocycles. The fourth-order valence-corrected chi connectivity index (χ4v) is 2.40. The van der Waals surface area contributed by atoms with Crippen LogP contribution in [0.25, 0.3) is 5.70 Å². The lowest BCUT2D eigenvalue weighted by molar-refractivity contribution is -0.137. The van der Waals surface area contributed by atoms with Gasteiger partial charge < -0.3 is 9.57 Å². The quantitative estimate of drug-likeness (QED) is 0.407. The number of rotatable bonds is 8. The molecule has 0 aromatic heterocycles. The second-order valence-electron chi connectivity index (χ2n) is 5.72. The lowest BCUT2D eigenvalue weighted by atomic mass is 10.0. The van der Waals surface area contributed by atoms with Gasteiger partial charge >= 0.3 is 12.1 Å². The van der Waals surface area contributed by atoms with E-state index in [9.17, 15) is 18.0 Å². The molecule has 9 heteroatoms. The first-order chi connectivity index (χ1) is 13.8. The number of benzene rings is 2. The van der Waals surface area contributed by atoms with Crippen LogP contribution in [0.5, 0.6) is 0 Å². The maximum atomic E-state index is 12.8. The predicted molar refractivity (Wildman–Crippen MR) is 100 cm³/mol. The van der Waals surface area contributed by atoms with Gasteiger partial charge in [-0.25, -0.2) is 4.79 Å². The Morgan fingerprint density at radius 1 is 1.14 bits per heavy atom. The predicted octanol–water partition coefficient (Wildman–Crippen LogP) is 3.92. The third-order valence-corrected chi connectivity index (χ3v) is 3.80. The highest BCUT2D eigenvalue weighted by Crippen LogP contribution is 2.30. The minimum Gasteiger partial charge on any atom is -0.464 e. The summed E-state index contributed by atoms with van der Waals surface area (Å²) in [7, 11) is 2.51. The number of hydrogen-bond donors (Lipinski definition) is 1. The van der Waals surface area contributed by atoms with Crippen molar-refractivity contribution in [2.45, 2.75) is 12.8 Å². The Hall–Kier alpha value is -3.33. The Morgan fingerprint density at radius 2 is 1.86 bits per heavy atom. The van der Waals surface area contributed by atoms with Crippen LogP contribution in [0, 0.1) is 0 Å². The zero-order chi connectivity index (χ0) is 21.4. The highest BCUT2D eigenvalue weighted by molar-refractivity contribution is 6.43. The minimum absolute atomic E-state index is 0.0338. The molecule has 0 heterocycles. The Kier molecular flexibility index (Phi) is 7.38. The highest BCUT2D eigenvalue weighted by Gasteiger charge is 2.30. The highest BCUT2D eigenvalue weighted by atomic mass is 19.4. The molecule has 0 atom stereocenters. The Bertz CT molecular complexity index is 911. The smallest absolute Gasteiger partial charge is 0.416 e. The number of esters is 1. The van der Waals surface area contributed by atoms with E-state index in [1.54, 1.807) is 24.3 Å². The second kappa shape index (κ2) is 9.74. The number of ether oxygens (including phenoxy) is 1. The SMILES string of the molecule is C=C(NOCc1ccccc1/C(=N/OC)C(=O)OC)c1cccc(C(F)(F)F)c1. The van der Waals surface area contributed by atoms with Crippen LogP contribution in [-0.2, 0) is 32.0 Å². The number of alkyl halides is 3. The van der Waals surface area contributed by atoms with E-state index in [1.807, 2.05) is 0 Å². The first kappa shape index (κ1) is 22.0. The maximum absolute atomic E-state index is 12.8. The van der Waals surface area contributed by atoms with Crippen molar-refractivity contribution in [3.63, 3.8) is 0 Å². The molecule has 0 aliphatic rings. The fourth-order valence-electron chi connectivity index (χ4n) is 2.40. The summed E-state index contributed by atoms with van der Waals surface area (Å²) in [6, 6.07) is 11.4. The van der Waals surface area contributed by atoms with Gasteiger partial charge in [0.25, 0.3) is 0 Å². The standard InChI is InChI=1S/C20H19F3N2O4/c1-13(14-8-6-9-16(11-14)20(21,22)23)24-29-12-15-7-4-5-10-17(15)18(25-28-3)19(26)27-2/h4-11,24H,1,12H2,2-3H3/b25-18-. The monoisotopic (exact) mass is 408 g/mol. The summed E-state index contributed by atoms with van der Waals surface area (Å²) in [6.45, 7) is 3.65. The fraction of sp³-hybridized carbons (Fsp3) is 0.200. The van der Waals surface area contributed by atoms with Crippen molar-refractivity contribution in [1.82, 2.24) is 5.48 Å². The topological polar surface area (TPSA) is 69.1 Å². The molecule has 0 amide bonds. The molecule has 0 unspecified atom stereocenters. The third-order valence-electron chi connectivity index (χ3n) is 3.80. The van der Waals surface area contributed by atoms with Gasteiger partial charge in [-0.1, -0.05) is 48.1 Å². The van der Waals surface area contributed by atoms with Gasteiger partial charge in [0.2, 0.25) is 0 Å². The van der Waals surface area contributed by atoms with E-state index in [1.165, 1.54) is 26.4 Å². The van der Waals surface area contributed by atoms with Gasteiger partial charge in [-0.15, -0.1) is 0 Å². The number of carbonyl (C=O) groups is 1. The largest absolute Gasteiger partial charge is 0.464 e. The number of carbonyl (C=O) groups excluding carboxylic acids is 1. The van der Waals surface area contributed by atoms with Crippen LogP contribution in [0.3, 0.4) is 0 Å². The molecule has 6 nitrogen and oxygen atoms in total. The van der Waals surface area contributed by atoms with Gasteiger partial charge in [-0.3, -0.25) is 10.3 Å². The molecule has 0 radical (unpaired) electrons. The summed E-state index contributed by atoms with van der Waals surface area (Å²) in [5.41, 5.74) is 3.04. The lowest BCUT2D eigenvalue weighted by Gasteiger charge is -2.14. The number of oxime groups is 1. The lowest BCUT2D eigenvalue weighted by Crippen LogP contribution is -2.20. The first-order valence-electron chi connectivity index (χ1n) is 8.30. The molecular formula is C20H19F3N2O4.